The average Bonchev–Trinajstić information content (AvgIpc) is 2.75. The van der Waals surface area contributed by atoms with Crippen molar-refractivity contribution in [3.05, 3.63) is 57.5 Å². The number of halogens is 4. The van der Waals surface area contributed by atoms with E-state index in [1.165, 1.54) is 11.3 Å². The lowest BCUT2D eigenvalue weighted by Crippen LogP contribution is -2.14. The summed E-state index contributed by atoms with van der Waals surface area (Å²) < 4.78 is 39.3. The van der Waals surface area contributed by atoms with Gasteiger partial charge in [0.05, 0.1) is 6.04 Å². The highest BCUT2D eigenvalue weighted by molar-refractivity contribution is 7.08. The molecule has 0 aliphatic rings. The molecule has 1 aromatic heterocycles. The fourth-order valence-corrected chi connectivity index (χ4v) is 2.13. The Balaban J connectivity index is 0.00000144. The second kappa shape index (κ2) is 5.53. The van der Waals surface area contributed by atoms with Crippen LogP contribution in [0.5, 0.6) is 0 Å². The number of hydrogen-bond acceptors (Lipinski definition) is 2. The second-order valence-electron chi connectivity index (χ2n) is 3.33. The van der Waals surface area contributed by atoms with E-state index >= 15 is 0 Å². The van der Waals surface area contributed by atoms with Gasteiger partial charge in [-0.3, -0.25) is 0 Å². The minimum absolute atomic E-state index is 0. The Bertz CT molecular complexity index is 502. The highest BCUT2D eigenvalue weighted by atomic mass is 35.5. The predicted molar refractivity (Wildman–Crippen MR) is 63.9 cm³/mol. The molecule has 1 aromatic carbocycles. The van der Waals surface area contributed by atoms with E-state index < -0.39 is 23.5 Å². The smallest absolute Gasteiger partial charge is 0.164 e. The van der Waals surface area contributed by atoms with Gasteiger partial charge in [-0.05, 0) is 28.5 Å². The molecule has 2 N–H and O–H groups in total. The van der Waals surface area contributed by atoms with Crippen molar-refractivity contribution < 1.29 is 13.2 Å². The minimum atomic E-state index is -1.22. The van der Waals surface area contributed by atoms with Crippen LogP contribution in [0.15, 0.2) is 29.0 Å². The molecule has 0 fully saturated rings. The maximum absolute atomic E-state index is 13.4. The van der Waals surface area contributed by atoms with Crippen LogP contribution in [0, 0.1) is 17.5 Å². The normalized spacial score (nSPS) is 12.0. The lowest BCUT2D eigenvalue weighted by atomic mass is 10.0. The molecule has 17 heavy (non-hydrogen) atoms. The quantitative estimate of drug-likeness (QED) is 0.835. The number of benzene rings is 1. The van der Waals surface area contributed by atoms with Crippen LogP contribution in [0.2, 0.25) is 0 Å². The van der Waals surface area contributed by atoms with Gasteiger partial charge >= 0.3 is 0 Å². The van der Waals surface area contributed by atoms with E-state index in [0.29, 0.717) is 11.6 Å². The lowest BCUT2D eigenvalue weighted by Gasteiger charge is -2.12. The first-order chi connectivity index (χ1) is 7.59. The van der Waals surface area contributed by atoms with E-state index in [2.05, 4.69) is 0 Å². The van der Waals surface area contributed by atoms with Crippen LogP contribution in [-0.4, -0.2) is 0 Å². The van der Waals surface area contributed by atoms with Crippen molar-refractivity contribution in [2.45, 2.75) is 6.04 Å². The number of rotatable bonds is 2. The van der Waals surface area contributed by atoms with Gasteiger partial charge in [-0.25, -0.2) is 13.2 Å². The van der Waals surface area contributed by atoms with Crippen LogP contribution < -0.4 is 5.73 Å². The van der Waals surface area contributed by atoms with Crippen LogP contribution in [0.4, 0.5) is 13.2 Å². The first-order valence-electron chi connectivity index (χ1n) is 4.51. The first-order valence-corrected chi connectivity index (χ1v) is 5.46. The summed E-state index contributed by atoms with van der Waals surface area (Å²) in [5.41, 5.74) is 6.20. The van der Waals surface area contributed by atoms with E-state index in [1.807, 2.05) is 0 Å². The van der Waals surface area contributed by atoms with E-state index in [4.69, 9.17) is 5.73 Å². The summed E-state index contributed by atoms with van der Waals surface area (Å²) in [6.45, 7) is 0. The molecule has 0 unspecified atom stereocenters. The minimum Gasteiger partial charge on any atom is -0.320 e. The topological polar surface area (TPSA) is 26.0 Å². The van der Waals surface area contributed by atoms with Crippen LogP contribution in [0.3, 0.4) is 0 Å². The summed E-state index contributed by atoms with van der Waals surface area (Å²) in [7, 11) is 0. The molecule has 0 aliphatic carbocycles. The molecule has 0 saturated heterocycles. The molecule has 0 radical (unpaired) electrons. The molecular weight excluding hydrogens is 271 g/mol. The van der Waals surface area contributed by atoms with Crippen molar-refractivity contribution in [1.29, 1.82) is 0 Å². The van der Waals surface area contributed by atoms with Gasteiger partial charge in [-0.2, -0.15) is 11.3 Å². The number of thiophene rings is 1. The van der Waals surface area contributed by atoms with Crippen LogP contribution >= 0.6 is 23.7 Å². The van der Waals surface area contributed by atoms with Crippen molar-refractivity contribution in [3.63, 3.8) is 0 Å². The molecule has 2 rings (SSSR count). The number of hydrogen-bond donors (Lipinski definition) is 1. The highest BCUT2D eigenvalue weighted by Gasteiger charge is 2.18. The third-order valence-corrected chi connectivity index (χ3v) is 2.96. The van der Waals surface area contributed by atoms with Crippen molar-refractivity contribution >= 4 is 23.7 Å². The third kappa shape index (κ3) is 2.80. The van der Waals surface area contributed by atoms with Gasteiger partial charge in [0.15, 0.2) is 11.6 Å². The van der Waals surface area contributed by atoms with Gasteiger partial charge in [-0.15, -0.1) is 12.4 Å². The van der Waals surface area contributed by atoms with Gasteiger partial charge in [0.1, 0.15) is 5.82 Å². The third-order valence-electron chi connectivity index (χ3n) is 2.26. The first kappa shape index (κ1) is 14.0. The Hall–Kier alpha value is -1.04. The van der Waals surface area contributed by atoms with E-state index in [1.54, 1.807) is 16.8 Å². The zero-order valence-electron chi connectivity index (χ0n) is 8.49. The molecule has 1 heterocycles. The molecule has 6 heteroatoms. The zero-order valence-corrected chi connectivity index (χ0v) is 10.1. The molecule has 92 valence electrons. The monoisotopic (exact) mass is 279 g/mol. The van der Waals surface area contributed by atoms with Crippen LogP contribution in [-0.2, 0) is 0 Å². The zero-order chi connectivity index (χ0) is 11.7. The molecule has 1 nitrogen and oxygen atoms in total. The average molecular weight is 280 g/mol. The highest BCUT2D eigenvalue weighted by Crippen LogP contribution is 2.26. The van der Waals surface area contributed by atoms with Gasteiger partial charge < -0.3 is 5.73 Å². The van der Waals surface area contributed by atoms with Crippen LogP contribution in [0.1, 0.15) is 17.2 Å². The summed E-state index contributed by atoms with van der Waals surface area (Å²) in [6.07, 6.45) is 0. The summed E-state index contributed by atoms with van der Waals surface area (Å²) >= 11 is 1.39. The predicted octanol–water partition coefficient (Wildman–Crippen LogP) is 3.64. The maximum atomic E-state index is 13.4. The fourth-order valence-electron chi connectivity index (χ4n) is 1.43. The summed E-state index contributed by atoms with van der Waals surface area (Å²) in [4.78, 5) is 0. The SMILES string of the molecule is Cl.N[C@@H](c1ccsc1)c1cc(F)cc(F)c1F. The van der Waals surface area contributed by atoms with Crippen molar-refractivity contribution in [2.24, 2.45) is 5.73 Å². The molecule has 2 aromatic rings. The van der Waals surface area contributed by atoms with Gasteiger partial charge in [0.25, 0.3) is 0 Å². The lowest BCUT2D eigenvalue weighted by molar-refractivity contribution is 0.480. The molecule has 0 spiro atoms. The standard InChI is InChI=1S/C11H8F3NS.ClH/c12-7-3-8(10(14)9(13)4-7)11(15)6-1-2-16-5-6;/h1-5,11H,15H2;1H/t11-;/m0./s1. The van der Waals surface area contributed by atoms with Gasteiger partial charge in [0, 0.05) is 11.6 Å². The molecule has 0 bridgehead atoms. The second-order valence-corrected chi connectivity index (χ2v) is 4.11. The van der Waals surface area contributed by atoms with Gasteiger partial charge in [-0.1, -0.05) is 0 Å². The number of nitrogens with two attached hydrogens (primary N) is 1. The Morgan fingerprint density at radius 2 is 1.88 bits per heavy atom. The van der Waals surface area contributed by atoms with Crippen molar-refractivity contribution in [1.82, 2.24) is 0 Å². The Labute approximate surface area is 106 Å². The summed E-state index contributed by atoms with van der Waals surface area (Å²) in [6, 6.07) is 2.26. The molecular formula is C11H9ClF3NS. The van der Waals surface area contributed by atoms with Crippen molar-refractivity contribution in [3.8, 4) is 0 Å². The molecule has 0 saturated carbocycles. The molecule has 0 aliphatic heterocycles. The Morgan fingerprint density at radius 3 is 2.47 bits per heavy atom. The van der Waals surface area contributed by atoms with Crippen molar-refractivity contribution in [2.75, 3.05) is 0 Å². The molecule has 1 atom stereocenters. The van der Waals surface area contributed by atoms with Gasteiger partial charge in [0.2, 0.25) is 0 Å². The van der Waals surface area contributed by atoms with E-state index in [0.717, 1.165) is 6.07 Å². The summed E-state index contributed by atoms with van der Waals surface area (Å²) in [5.74, 6) is -3.15. The van der Waals surface area contributed by atoms with E-state index in [9.17, 15) is 13.2 Å². The maximum Gasteiger partial charge on any atom is 0.164 e. The molecule has 0 amide bonds. The Kier molecular flexibility index (Phi) is 4.56. The van der Waals surface area contributed by atoms with Crippen LogP contribution in [0.25, 0.3) is 0 Å². The largest absolute Gasteiger partial charge is 0.320 e. The fraction of sp³-hybridized carbons (Fsp3) is 0.0909. The summed E-state index contributed by atoms with van der Waals surface area (Å²) in [5, 5.41) is 3.48. The Morgan fingerprint density at radius 1 is 1.18 bits per heavy atom. The van der Waals surface area contributed by atoms with E-state index in [-0.39, 0.29) is 18.0 Å².